The van der Waals surface area contributed by atoms with Gasteiger partial charge in [-0.25, -0.2) is 0 Å². The molecule has 3 N–H and O–H groups in total. The zero-order chi connectivity index (χ0) is 13.1. The number of ether oxygens (including phenoxy) is 2. The Bertz CT molecular complexity index is 371. The van der Waals surface area contributed by atoms with Gasteiger partial charge in [0.1, 0.15) is 6.61 Å². The maximum absolute atomic E-state index is 9.87. The van der Waals surface area contributed by atoms with E-state index in [9.17, 15) is 5.11 Å². The highest BCUT2D eigenvalue weighted by atomic mass is 16.5. The fourth-order valence-electron chi connectivity index (χ4n) is 1.22. The number of benzene rings is 1. The quantitative estimate of drug-likeness (QED) is 0.789. The van der Waals surface area contributed by atoms with E-state index >= 15 is 0 Å². The van der Waals surface area contributed by atoms with Crippen LogP contribution in [0.5, 0.6) is 11.5 Å². The van der Waals surface area contributed by atoms with Gasteiger partial charge in [-0.3, -0.25) is 0 Å². The SMILES string of the molecule is COc1cc(N)ccc1OC[C@H](O)C(C)(C)C. The maximum atomic E-state index is 9.87. The Morgan fingerprint density at radius 1 is 1.29 bits per heavy atom. The van der Waals surface area contributed by atoms with Gasteiger partial charge in [-0.05, 0) is 17.5 Å². The first-order valence-corrected chi connectivity index (χ1v) is 5.59. The monoisotopic (exact) mass is 239 g/mol. The molecule has 0 unspecified atom stereocenters. The first-order chi connectivity index (χ1) is 7.84. The predicted octanol–water partition coefficient (Wildman–Crippen LogP) is 2.06. The summed E-state index contributed by atoms with van der Waals surface area (Å²) in [5.41, 5.74) is 6.05. The number of aliphatic hydroxyl groups is 1. The summed E-state index contributed by atoms with van der Waals surface area (Å²) in [6, 6.07) is 5.17. The average molecular weight is 239 g/mol. The van der Waals surface area contributed by atoms with Crippen LogP contribution in [0.2, 0.25) is 0 Å². The third-order valence-corrected chi connectivity index (χ3v) is 2.58. The lowest BCUT2D eigenvalue weighted by Gasteiger charge is -2.26. The second-order valence-corrected chi connectivity index (χ2v) is 5.10. The van der Waals surface area contributed by atoms with E-state index in [0.29, 0.717) is 17.2 Å². The molecule has 96 valence electrons. The summed E-state index contributed by atoms with van der Waals surface area (Å²) in [7, 11) is 1.56. The minimum atomic E-state index is -0.537. The van der Waals surface area contributed by atoms with Crippen LogP contribution in [0.25, 0.3) is 0 Å². The zero-order valence-electron chi connectivity index (χ0n) is 10.9. The van der Waals surface area contributed by atoms with Crippen LogP contribution in [0.3, 0.4) is 0 Å². The van der Waals surface area contributed by atoms with Gasteiger partial charge in [-0.2, -0.15) is 0 Å². The third-order valence-electron chi connectivity index (χ3n) is 2.58. The molecule has 0 saturated heterocycles. The van der Waals surface area contributed by atoms with Crippen molar-refractivity contribution in [2.24, 2.45) is 5.41 Å². The minimum Gasteiger partial charge on any atom is -0.493 e. The number of nitrogen functional groups attached to an aromatic ring is 1. The number of aliphatic hydroxyl groups excluding tert-OH is 1. The van der Waals surface area contributed by atoms with Crippen molar-refractivity contribution in [3.8, 4) is 11.5 Å². The third kappa shape index (κ3) is 3.82. The van der Waals surface area contributed by atoms with Crippen LogP contribution in [-0.4, -0.2) is 24.9 Å². The molecule has 0 spiro atoms. The van der Waals surface area contributed by atoms with Gasteiger partial charge < -0.3 is 20.3 Å². The van der Waals surface area contributed by atoms with Crippen molar-refractivity contribution in [1.82, 2.24) is 0 Å². The topological polar surface area (TPSA) is 64.7 Å². The second kappa shape index (κ2) is 5.27. The van der Waals surface area contributed by atoms with Gasteiger partial charge in [0.15, 0.2) is 11.5 Å². The highest BCUT2D eigenvalue weighted by Crippen LogP contribution is 2.30. The molecule has 17 heavy (non-hydrogen) atoms. The van der Waals surface area contributed by atoms with Gasteiger partial charge in [0.25, 0.3) is 0 Å². The van der Waals surface area contributed by atoms with Crippen LogP contribution >= 0.6 is 0 Å². The van der Waals surface area contributed by atoms with Gasteiger partial charge in [0.05, 0.1) is 13.2 Å². The van der Waals surface area contributed by atoms with Gasteiger partial charge >= 0.3 is 0 Å². The number of hydrogen-bond acceptors (Lipinski definition) is 4. The molecular formula is C13H21NO3. The van der Waals surface area contributed by atoms with Crippen LogP contribution in [0.4, 0.5) is 5.69 Å². The molecule has 0 fully saturated rings. The molecular weight excluding hydrogens is 218 g/mol. The minimum absolute atomic E-state index is 0.207. The molecule has 0 heterocycles. The van der Waals surface area contributed by atoms with Crippen LogP contribution < -0.4 is 15.2 Å². The molecule has 0 amide bonds. The lowest BCUT2D eigenvalue weighted by atomic mass is 9.90. The molecule has 4 heteroatoms. The normalized spacial score (nSPS) is 13.2. The average Bonchev–Trinajstić information content (AvgIpc) is 2.25. The van der Waals surface area contributed by atoms with E-state index in [1.54, 1.807) is 25.3 Å². The van der Waals surface area contributed by atoms with Gasteiger partial charge in [0.2, 0.25) is 0 Å². The van der Waals surface area contributed by atoms with Gasteiger partial charge in [0, 0.05) is 11.8 Å². The zero-order valence-corrected chi connectivity index (χ0v) is 10.9. The number of nitrogens with two attached hydrogens (primary N) is 1. The highest BCUT2D eigenvalue weighted by Gasteiger charge is 2.23. The lowest BCUT2D eigenvalue weighted by Crippen LogP contribution is -2.31. The fraction of sp³-hybridized carbons (Fsp3) is 0.538. The Balaban J connectivity index is 2.69. The molecule has 1 aromatic rings. The molecule has 4 nitrogen and oxygen atoms in total. The molecule has 0 aliphatic rings. The molecule has 0 saturated carbocycles. The van der Waals surface area contributed by atoms with E-state index in [0.717, 1.165) is 0 Å². The van der Waals surface area contributed by atoms with E-state index in [-0.39, 0.29) is 12.0 Å². The summed E-state index contributed by atoms with van der Waals surface area (Å²) in [4.78, 5) is 0. The first-order valence-electron chi connectivity index (χ1n) is 5.59. The smallest absolute Gasteiger partial charge is 0.162 e. The summed E-state index contributed by atoms with van der Waals surface area (Å²) in [6.45, 7) is 6.10. The van der Waals surface area contributed by atoms with E-state index in [1.807, 2.05) is 20.8 Å². The molecule has 1 rings (SSSR count). The molecule has 0 aromatic heterocycles. The second-order valence-electron chi connectivity index (χ2n) is 5.10. The van der Waals surface area contributed by atoms with Crippen molar-refractivity contribution in [2.45, 2.75) is 26.9 Å². The Kier molecular flexibility index (Phi) is 4.23. The van der Waals surface area contributed by atoms with Crippen LogP contribution in [0, 0.1) is 5.41 Å². The molecule has 0 aliphatic heterocycles. The van der Waals surface area contributed by atoms with Crippen LogP contribution in [0.15, 0.2) is 18.2 Å². The fourth-order valence-corrected chi connectivity index (χ4v) is 1.22. The van der Waals surface area contributed by atoms with Gasteiger partial charge in [-0.15, -0.1) is 0 Å². The summed E-state index contributed by atoms with van der Waals surface area (Å²) < 4.78 is 10.7. The Morgan fingerprint density at radius 3 is 2.47 bits per heavy atom. The Hall–Kier alpha value is -1.42. The van der Waals surface area contributed by atoms with Crippen molar-refractivity contribution in [2.75, 3.05) is 19.5 Å². The molecule has 0 aliphatic carbocycles. The number of anilines is 1. The number of methoxy groups -OCH3 is 1. The molecule has 0 bridgehead atoms. The van der Waals surface area contributed by atoms with E-state index in [2.05, 4.69) is 0 Å². The summed E-state index contributed by atoms with van der Waals surface area (Å²) >= 11 is 0. The molecule has 0 radical (unpaired) electrons. The standard InChI is InChI=1S/C13H21NO3/c1-13(2,3)12(15)8-17-10-6-5-9(14)7-11(10)16-4/h5-7,12,15H,8,14H2,1-4H3/t12-/m0/s1. The van der Waals surface area contributed by atoms with Gasteiger partial charge in [-0.1, -0.05) is 20.8 Å². The van der Waals surface area contributed by atoms with E-state index in [1.165, 1.54) is 0 Å². The number of rotatable bonds is 4. The number of hydrogen-bond donors (Lipinski definition) is 2. The highest BCUT2D eigenvalue weighted by molar-refractivity contribution is 5.51. The molecule has 1 aromatic carbocycles. The van der Waals surface area contributed by atoms with Crippen LogP contribution in [-0.2, 0) is 0 Å². The van der Waals surface area contributed by atoms with Crippen molar-refractivity contribution < 1.29 is 14.6 Å². The maximum Gasteiger partial charge on any atom is 0.162 e. The van der Waals surface area contributed by atoms with Crippen molar-refractivity contribution >= 4 is 5.69 Å². The summed E-state index contributed by atoms with van der Waals surface area (Å²) in [5.74, 6) is 1.16. The van der Waals surface area contributed by atoms with Crippen molar-refractivity contribution in [1.29, 1.82) is 0 Å². The predicted molar refractivity (Wildman–Crippen MR) is 68.4 cm³/mol. The largest absolute Gasteiger partial charge is 0.493 e. The summed E-state index contributed by atoms with van der Waals surface area (Å²) in [6.07, 6.45) is -0.537. The summed E-state index contributed by atoms with van der Waals surface area (Å²) in [5, 5.41) is 9.87. The van der Waals surface area contributed by atoms with E-state index < -0.39 is 6.10 Å². The Labute approximate surface area is 102 Å². The molecule has 1 atom stereocenters. The van der Waals surface area contributed by atoms with E-state index in [4.69, 9.17) is 15.2 Å². The van der Waals surface area contributed by atoms with Crippen LogP contribution in [0.1, 0.15) is 20.8 Å². The Morgan fingerprint density at radius 2 is 1.94 bits per heavy atom. The van der Waals surface area contributed by atoms with Crippen molar-refractivity contribution in [3.63, 3.8) is 0 Å². The van der Waals surface area contributed by atoms with Crippen molar-refractivity contribution in [3.05, 3.63) is 18.2 Å². The first kappa shape index (κ1) is 13.6. The lowest BCUT2D eigenvalue weighted by molar-refractivity contribution is 0.0211.